The lowest BCUT2D eigenvalue weighted by atomic mass is 10.2. The summed E-state index contributed by atoms with van der Waals surface area (Å²) in [5, 5.41) is 6.35. The number of hydrogen-bond donors (Lipinski definition) is 2. The van der Waals surface area contributed by atoms with E-state index >= 15 is 0 Å². The second-order valence-corrected chi connectivity index (χ2v) is 6.72. The molecule has 4 nitrogen and oxygen atoms in total. The van der Waals surface area contributed by atoms with Gasteiger partial charge in [-0.1, -0.05) is 11.6 Å². The van der Waals surface area contributed by atoms with Gasteiger partial charge in [0.05, 0.1) is 15.8 Å². The quantitative estimate of drug-likeness (QED) is 0.762. The first kappa shape index (κ1) is 12.7. The normalized spacial score (nSPS) is 12.7. The minimum absolute atomic E-state index is 0.120. The molecule has 98 valence electrons. The van der Waals surface area contributed by atoms with Crippen LogP contribution >= 0.6 is 34.3 Å². The van der Waals surface area contributed by atoms with Gasteiger partial charge < -0.3 is 11.1 Å². The number of nitrogens with one attached hydrogen (secondary N) is 1. The molecule has 1 atom stereocenters. The lowest BCUT2D eigenvalue weighted by Gasteiger charge is -2.13. The Balaban J connectivity index is 1.94. The molecule has 0 radical (unpaired) electrons. The van der Waals surface area contributed by atoms with Gasteiger partial charge >= 0.3 is 0 Å². The maximum Gasteiger partial charge on any atom is 0.223 e. The third-order valence-corrected chi connectivity index (χ3v) is 4.94. The summed E-state index contributed by atoms with van der Waals surface area (Å²) in [4.78, 5) is 10.5. The maximum absolute atomic E-state index is 5.96. The van der Waals surface area contributed by atoms with E-state index in [0.717, 1.165) is 25.2 Å². The SMILES string of the molecule is CC(Nc1nc(N)nc2sccc12)c1ccc(Cl)s1. The molecule has 3 heterocycles. The second-order valence-electron chi connectivity index (χ2n) is 4.08. The topological polar surface area (TPSA) is 63.8 Å². The van der Waals surface area contributed by atoms with Crippen molar-refractivity contribution in [2.24, 2.45) is 0 Å². The van der Waals surface area contributed by atoms with Crippen LogP contribution in [0.15, 0.2) is 23.6 Å². The minimum atomic E-state index is 0.120. The number of aromatic nitrogens is 2. The first-order chi connectivity index (χ1) is 9.13. The molecular weight excluding hydrogens is 300 g/mol. The van der Waals surface area contributed by atoms with Crippen molar-refractivity contribution in [2.75, 3.05) is 11.1 Å². The zero-order valence-corrected chi connectivity index (χ0v) is 12.4. The smallest absolute Gasteiger partial charge is 0.223 e. The third-order valence-electron chi connectivity index (χ3n) is 2.72. The average Bonchev–Trinajstić information content (AvgIpc) is 2.97. The molecule has 0 saturated heterocycles. The predicted molar refractivity (Wildman–Crippen MR) is 83.2 cm³/mol. The molecule has 3 rings (SSSR count). The standard InChI is InChI=1S/C12H11ClN4S2/c1-6(8-2-3-9(13)19-8)15-10-7-4-5-18-11(7)17-12(14)16-10/h2-6H,1H3,(H3,14,15,16,17). The zero-order chi connectivity index (χ0) is 13.4. The summed E-state index contributed by atoms with van der Waals surface area (Å²) < 4.78 is 0.784. The highest BCUT2D eigenvalue weighted by Crippen LogP contribution is 2.31. The van der Waals surface area contributed by atoms with E-state index in [2.05, 4.69) is 22.2 Å². The second kappa shape index (κ2) is 4.96. The minimum Gasteiger partial charge on any atom is -0.368 e. The number of fused-ring (bicyclic) bond motifs is 1. The van der Waals surface area contributed by atoms with Crippen molar-refractivity contribution >= 4 is 56.3 Å². The van der Waals surface area contributed by atoms with E-state index in [-0.39, 0.29) is 12.0 Å². The van der Waals surface area contributed by atoms with E-state index in [4.69, 9.17) is 17.3 Å². The van der Waals surface area contributed by atoms with Crippen LogP contribution in [0.2, 0.25) is 4.34 Å². The van der Waals surface area contributed by atoms with Crippen molar-refractivity contribution in [3.8, 4) is 0 Å². The summed E-state index contributed by atoms with van der Waals surface area (Å²) in [6, 6.07) is 6.03. The summed E-state index contributed by atoms with van der Waals surface area (Å²) in [7, 11) is 0. The van der Waals surface area contributed by atoms with Gasteiger partial charge in [0.2, 0.25) is 5.95 Å². The molecule has 7 heteroatoms. The molecule has 19 heavy (non-hydrogen) atoms. The molecule has 3 N–H and O–H groups in total. The van der Waals surface area contributed by atoms with Crippen molar-refractivity contribution in [1.82, 2.24) is 9.97 Å². The fraction of sp³-hybridized carbons (Fsp3) is 0.167. The monoisotopic (exact) mass is 310 g/mol. The first-order valence-electron chi connectivity index (χ1n) is 5.66. The Bertz CT molecular complexity index is 721. The highest BCUT2D eigenvalue weighted by molar-refractivity contribution is 7.17. The molecule has 0 aliphatic rings. The third kappa shape index (κ3) is 2.51. The van der Waals surface area contributed by atoms with E-state index < -0.39 is 0 Å². The Kier molecular flexibility index (Phi) is 3.30. The first-order valence-corrected chi connectivity index (χ1v) is 7.73. The van der Waals surface area contributed by atoms with Crippen molar-refractivity contribution < 1.29 is 0 Å². The Hall–Kier alpha value is -1.37. The molecule has 0 saturated carbocycles. The maximum atomic E-state index is 5.96. The number of rotatable bonds is 3. The van der Waals surface area contributed by atoms with Gasteiger partial charge in [-0.3, -0.25) is 0 Å². The summed E-state index contributed by atoms with van der Waals surface area (Å²) in [6.45, 7) is 2.07. The van der Waals surface area contributed by atoms with Crippen LogP contribution in [-0.4, -0.2) is 9.97 Å². The van der Waals surface area contributed by atoms with Gasteiger partial charge in [0.25, 0.3) is 0 Å². The van der Waals surface area contributed by atoms with Gasteiger partial charge in [-0.25, -0.2) is 4.98 Å². The van der Waals surface area contributed by atoms with Crippen LogP contribution in [0.25, 0.3) is 10.2 Å². The number of anilines is 2. The van der Waals surface area contributed by atoms with E-state index in [1.807, 2.05) is 23.6 Å². The molecular formula is C12H11ClN4S2. The van der Waals surface area contributed by atoms with Gasteiger partial charge in [-0.2, -0.15) is 4.98 Å². The fourth-order valence-electron chi connectivity index (χ4n) is 1.82. The molecule has 3 aromatic heterocycles. The lowest BCUT2D eigenvalue weighted by molar-refractivity contribution is 0.899. The van der Waals surface area contributed by atoms with E-state index in [1.165, 1.54) is 0 Å². The molecule has 0 aliphatic carbocycles. The molecule has 0 aliphatic heterocycles. The summed E-state index contributed by atoms with van der Waals surface area (Å²) >= 11 is 9.07. The van der Waals surface area contributed by atoms with Crippen LogP contribution in [0.4, 0.5) is 11.8 Å². The largest absolute Gasteiger partial charge is 0.368 e. The summed E-state index contributed by atoms with van der Waals surface area (Å²) in [6.07, 6.45) is 0. The van der Waals surface area contributed by atoms with Gasteiger partial charge in [0.1, 0.15) is 10.6 Å². The molecule has 0 bridgehead atoms. The van der Waals surface area contributed by atoms with Crippen molar-refractivity contribution in [2.45, 2.75) is 13.0 Å². The molecule has 3 aromatic rings. The van der Waals surface area contributed by atoms with Crippen molar-refractivity contribution in [1.29, 1.82) is 0 Å². The average molecular weight is 311 g/mol. The zero-order valence-electron chi connectivity index (χ0n) is 10.1. The van der Waals surface area contributed by atoms with Crippen LogP contribution < -0.4 is 11.1 Å². The number of hydrogen-bond acceptors (Lipinski definition) is 6. The fourth-order valence-corrected chi connectivity index (χ4v) is 3.65. The van der Waals surface area contributed by atoms with Gasteiger partial charge in [0.15, 0.2) is 0 Å². The Morgan fingerprint density at radius 2 is 2.16 bits per heavy atom. The molecule has 0 spiro atoms. The molecule has 0 aromatic carbocycles. The van der Waals surface area contributed by atoms with Crippen LogP contribution in [-0.2, 0) is 0 Å². The van der Waals surface area contributed by atoms with E-state index in [0.29, 0.717) is 0 Å². The Morgan fingerprint density at radius 1 is 1.32 bits per heavy atom. The lowest BCUT2D eigenvalue weighted by Crippen LogP contribution is -2.08. The number of nitrogen functional groups attached to an aromatic ring is 1. The molecule has 1 unspecified atom stereocenters. The van der Waals surface area contributed by atoms with Gasteiger partial charge in [0, 0.05) is 4.88 Å². The number of nitrogens with two attached hydrogens (primary N) is 1. The molecule has 0 amide bonds. The highest BCUT2D eigenvalue weighted by Gasteiger charge is 2.12. The van der Waals surface area contributed by atoms with Crippen LogP contribution in [0.3, 0.4) is 0 Å². The summed E-state index contributed by atoms with van der Waals surface area (Å²) in [5.41, 5.74) is 5.73. The number of nitrogens with zero attached hydrogens (tertiary/aromatic N) is 2. The van der Waals surface area contributed by atoms with Crippen LogP contribution in [0.5, 0.6) is 0 Å². The van der Waals surface area contributed by atoms with E-state index in [1.54, 1.807) is 22.7 Å². The van der Waals surface area contributed by atoms with Gasteiger partial charge in [-0.05, 0) is 30.5 Å². The van der Waals surface area contributed by atoms with Gasteiger partial charge in [-0.15, -0.1) is 22.7 Å². The number of thiophene rings is 2. The van der Waals surface area contributed by atoms with E-state index in [9.17, 15) is 0 Å². The predicted octanol–water partition coefficient (Wildman–Crippen LogP) is 4.16. The highest BCUT2D eigenvalue weighted by atomic mass is 35.5. The van der Waals surface area contributed by atoms with Crippen molar-refractivity contribution in [3.63, 3.8) is 0 Å². The summed E-state index contributed by atoms with van der Waals surface area (Å²) in [5.74, 6) is 1.05. The van der Waals surface area contributed by atoms with Crippen LogP contribution in [0.1, 0.15) is 17.8 Å². The van der Waals surface area contributed by atoms with Crippen LogP contribution in [0, 0.1) is 0 Å². The Morgan fingerprint density at radius 3 is 2.89 bits per heavy atom. The van der Waals surface area contributed by atoms with Crippen molar-refractivity contribution in [3.05, 3.63) is 32.8 Å². The molecule has 0 fully saturated rings. The Labute approximate surface area is 123 Å². The number of halogens is 1.